The number of hydrogen-bond acceptors (Lipinski definition) is 4. The molecule has 0 aliphatic rings. The van der Waals surface area contributed by atoms with Crippen molar-refractivity contribution in [1.82, 2.24) is 0 Å². The summed E-state index contributed by atoms with van der Waals surface area (Å²) in [6.07, 6.45) is -0.940. The number of aliphatic carboxylic acids is 2. The minimum absolute atomic E-state index is 0. The first-order chi connectivity index (χ1) is 3.63. The Balaban J connectivity index is -0.0000000817. The summed E-state index contributed by atoms with van der Waals surface area (Å²) in [5.41, 5.74) is 0. The van der Waals surface area contributed by atoms with E-state index in [-0.39, 0.29) is 79.7 Å². The molecule has 0 aliphatic carbocycles. The van der Waals surface area contributed by atoms with E-state index < -0.39 is 24.8 Å². The van der Waals surface area contributed by atoms with Crippen LogP contribution < -0.4 is 52.2 Å². The van der Waals surface area contributed by atoms with Crippen LogP contribution >= 0.6 is 0 Å². The maximum absolute atomic E-state index is 9.50. The summed E-state index contributed by atoms with van der Waals surface area (Å²) in [7, 11) is 0. The quantitative estimate of drug-likeness (QED) is 0.437. The zero-order valence-electron chi connectivity index (χ0n) is 6.13. The van der Waals surface area contributed by atoms with Gasteiger partial charge in [0.15, 0.2) is 0 Å². The second-order valence-electron chi connectivity index (χ2n) is 1.24. The number of carbonyl (C=O) groups is 2. The molecule has 0 aliphatic heterocycles. The third-order valence-corrected chi connectivity index (χ3v) is 0.533. The van der Waals surface area contributed by atoms with Crippen molar-refractivity contribution in [2.45, 2.75) is 12.8 Å². The van der Waals surface area contributed by atoms with Gasteiger partial charge in [-0.25, -0.2) is 0 Å². The van der Waals surface area contributed by atoms with Gasteiger partial charge in [-0.15, -0.1) is 0 Å². The maximum atomic E-state index is 9.50. The standard InChI is InChI=1S/C4H6O4.Ca.ClH.Na/c5-3(6)1-2-4(7)8;;;/h1-2H2,(H,5,6)(H,7,8);;1H;/q;+2;;+1/p-3. The van der Waals surface area contributed by atoms with Crippen LogP contribution in [0.25, 0.3) is 0 Å². The Hall–Kier alpha value is 1.49. The van der Waals surface area contributed by atoms with Gasteiger partial charge in [0, 0.05) is 11.9 Å². The van der Waals surface area contributed by atoms with Gasteiger partial charge < -0.3 is 32.2 Å². The third kappa shape index (κ3) is 24.6. The summed E-state index contributed by atoms with van der Waals surface area (Å²) in [6, 6.07) is 0. The fourth-order valence-electron chi connectivity index (χ4n) is 0.204. The molecule has 11 heavy (non-hydrogen) atoms. The van der Waals surface area contributed by atoms with Crippen molar-refractivity contribution >= 4 is 49.7 Å². The molecule has 0 atom stereocenters. The fraction of sp³-hybridized carbons (Fsp3) is 0.500. The van der Waals surface area contributed by atoms with Gasteiger partial charge in [-0.1, -0.05) is 0 Å². The van der Waals surface area contributed by atoms with Crippen molar-refractivity contribution in [2.75, 3.05) is 0 Å². The normalized spacial score (nSPS) is 6.18. The van der Waals surface area contributed by atoms with Gasteiger partial charge in [0.1, 0.15) is 0 Å². The molecule has 0 saturated carbocycles. The summed E-state index contributed by atoms with van der Waals surface area (Å²) >= 11 is 0. The van der Waals surface area contributed by atoms with Crippen molar-refractivity contribution < 1.29 is 61.8 Å². The Morgan fingerprint density at radius 2 is 1.18 bits per heavy atom. The molecule has 4 nitrogen and oxygen atoms in total. The Bertz CT molecular complexity index is 107. The van der Waals surface area contributed by atoms with Gasteiger partial charge in [0.25, 0.3) is 0 Å². The van der Waals surface area contributed by atoms with Crippen molar-refractivity contribution in [3.05, 3.63) is 0 Å². The van der Waals surface area contributed by atoms with E-state index in [0.29, 0.717) is 0 Å². The van der Waals surface area contributed by atoms with Crippen molar-refractivity contribution in [3.63, 3.8) is 0 Å². The molecular formula is C4H4CaClNaO4. The Morgan fingerprint density at radius 3 is 1.27 bits per heavy atom. The van der Waals surface area contributed by atoms with E-state index in [1.807, 2.05) is 0 Å². The molecule has 54 valence electrons. The number of rotatable bonds is 3. The molecule has 0 fully saturated rings. The average Bonchev–Trinajstić information content (AvgIpc) is 1.61. The summed E-state index contributed by atoms with van der Waals surface area (Å²) in [5.74, 6) is -2.73. The van der Waals surface area contributed by atoms with Crippen LogP contribution in [0.4, 0.5) is 0 Å². The molecule has 0 amide bonds. The topological polar surface area (TPSA) is 80.3 Å². The van der Waals surface area contributed by atoms with E-state index in [1.54, 1.807) is 0 Å². The summed E-state index contributed by atoms with van der Waals surface area (Å²) in [5, 5.41) is 19.0. The summed E-state index contributed by atoms with van der Waals surface area (Å²) in [6.45, 7) is 0. The van der Waals surface area contributed by atoms with Crippen molar-refractivity contribution in [3.8, 4) is 0 Å². The van der Waals surface area contributed by atoms with Crippen LogP contribution in [0.2, 0.25) is 0 Å². The van der Waals surface area contributed by atoms with Gasteiger partial charge in [0.2, 0.25) is 0 Å². The molecule has 0 N–H and O–H groups in total. The monoisotopic (exact) mass is 214 g/mol. The second-order valence-corrected chi connectivity index (χ2v) is 1.24. The first-order valence-corrected chi connectivity index (χ1v) is 2.02. The predicted molar refractivity (Wildman–Crippen MR) is 25.0 cm³/mol. The fourth-order valence-corrected chi connectivity index (χ4v) is 0.204. The molecule has 0 saturated heterocycles. The third-order valence-electron chi connectivity index (χ3n) is 0.533. The van der Waals surface area contributed by atoms with Crippen LogP contribution in [0.3, 0.4) is 0 Å². The zero-order chi connectivity index (χ0) is 6.57. The Kier molecular flexibility index (Phi) is 29.2. The molecule has 0 unspecified atom stereocenters. The smallest absolute Gasteiger partial charge is 1.00 e. The molecule has 0 rings (SSSR count). The zero-order valence-corrected chi connectivity index (χ0v) is 11.1. The SMILES string of the molecule is O=C([O-])CCC(=O)[O-].[Ca+2].[Cl-].[Na+]. The van der Waals surface area contributed by atoms with Crippen LogP contribution in [0.15, 0.2) is 0 Å². The van der Waals surface area contributed by atoms with E-state index in [4.69, 9.17) is 0 Å². The van der Waals surface area contributed by atoms with Crippen molar-refractivity contribution in [2.24, 2.45) is 0 Å². The van der Waals surface area contributed by atoms with E-state index in [2.05, 4.69) is 0 Å². The van der Waals surface area contributed by atoms with Gasteiger partial charge in [-0.3, -0.25) is 0 Å². The Morgan fingerprint density at radius 1 is 1.00 bits per heavy atom. The predicted octanol–water partition coefficient (Wildman–Crippen LogP) is -9.11. The van der Waals surface area contributed by atoms with E-state index in [9.17, 15) is 19.8 Å². The first kappa shape index (κ1) is 22.9. The maximum Gasteiger partial charge on any atom is 2.00 e. The number of carboxylic acid groups (broad SMARTS) is 2. The largest absolute Gasteiger partial charge is 2.00 e. The first-order valence-electron chi connectivity index (χ1n) is 2.02. The van der Waals surface area contributed by atoms with Crippen molar-refractivity contribution in [1.29, 1.82) is 0 Å². The molecule has 0 heterocycles. The summed E-state index contributed by atoms with van der Waals surface area (Å²) in [4.78, 5) is 19.0. The average molecular weight is 215 g/mol. The minimum atomic E-state index is -1.37. The van der Waals surface area contributed by atoms with Gasteiger partial charge in [0.05, 0.1) is 0 Å². The van der Waals surface area contributed by atoms with Crippen LogP contribution in [0.1, 0.15) is 12.8 Å². The molecule has 0 aromatic carbocycles. The molecular weight excluding hydrogens is 211 g/mol. The van der Waals surface area contributed by atoms with Gasteiger partial charge in [-0.2, -0.15) is 0 Å². The van der Waals surface area contributed by atoms with E-state index in [1.165, 1.54) is 0 Å². The Labute approximate surface area is 122 Å². The molecule has 0 radical (unpaired) electrons. The number of halogens is 1. The number of carboxylic acids is 2. The molecule has 0 aromatic heterocycles. The van der Waals surface area contributed by atoms with Crippen LogP contribution in [-0.4, -0.2) is 49.7 Å². The summed E-state index contributed by atoms with van der Waals surface area (Å²) < 4.78 is 0. The number of carbonyl (C=O) groups excluding carboxylic acids is 2. The molecule has 0 aromatic rings. The van der Waals surface area contributed by atoms with Gasteiger partial charge in [-0.05, 0) is 12.8 Å². The molecule has 0 spiro atoms. The number of hydrogen-bond donors (Lipinski definition) is 0. The van der Waals surface area contributed by atoms with E-state index >= 15 is 0 Å². The van der Waals surface area contributed by atoms with Crippen LogP contribution in [0, 0.1) is 0 Å². The van der Waals surface area contributed by atoms with Crippen LogP contribution in [-0.2, 0) is 9.59 Å². The van der Waals surface area contributed by atoms with E-state index in [0.717, 1.165) is 0 Å². The molecule has 0 bridgehead atoms. The van der Waals surface area contributed by atoms with Gasteiger partial charge >= 0.3 is 67.3 Å². The molecule has 7 heteroatoms. The minimum Gasteiger partial charge on any atom is -1.00 e. The van der Waals surface area contributed by atoms with Crippen LogP contribution in [0.5, 0.6) is 0 Å². The second kappa shape index (κ2) is 14.0.